The number of allylic oxidation sites excluding steroid dienone is 3. The number of rotatable bonds is 5. The molecular formula is C9H12ClIN2S. The number of thioether (sulfide) groups is 1. The van der Waals surface area contributed by atoms with Crippen molar-refractivity contribution < 1.29 is 0 Å². The average molecular weight is 343 g/mol. The molecule has 78 valence electrons. The number of hydrogen-bond donors (Lipinski definition) is 1. The lowest BCUT2D eigenvalue weighted by atomic mass is 10.2. The number of nitrogens with zero attached hydrogens (tertiary/aromatic N) is 1. The molecule has 14 heavy (non-hydrogen) atoms. The Bertz CT molecular complexity index is 297. The maximum absolute atomic E-state index is 5.96. The van der Waals surface area contributed by atoms with Crippen molar-refractivity contribution in [1.82, 2.24) is 0 Å². The summed E-state index contributed by atoms with van der Waals surface area (Å²) in [7, 11) is 0. The van der Waals surface area contributed by atoms with Gasteiger partial charge in [0.05, 0.1) is 5.03 Å². The molecule has 0 fully saturated rings. The molecule has 0 spiro atoms. The van der Waals surface area contributed by atoms with Gasteiger partial charge >= 0.3 is 0 Å². The van der Waals surface area contributed by atoms with Gasteiger partial charge in [0.25, 0.3) is 0 Å². The quantitative estimate of drug-likeness (QED) is 0.360. The highest BCUT2D eigenvalue weighted by atomic mass is 127. The van der Waals surface area contributed by atoms with Gasteiger partial charge in [-0.15, -0.1) is 11.8 Å². The van der Waals surface area contributed by atoms with E-state index in [9.17, 15) is 0 Å². The van der Waals surface area contributed by atoms with E-state index in [1.54, 1.807) is 6.08 Å². The maximum atomic E-state index is 5.96. The van der Waals surface area contributed by atoms with Gasteiger partial charge in [0.1, 0.15) is 5.17 Å². The third-order valence-corrected chi connectivity index (χ3v) is 3.05. The minimum atomic E-state index is 0.341. The molecule has 0 radical (unpaired) electrons. The van der Waals surface area contributed by atoms with E-state index in [-0.39, 0.29) is 0 Å². The van der Waals surface area contributed by atoms with Gasteiger partial charge in [-0.3, -0.25) is 0 Å². The Hall–Kier alpha value is 0.0600. The van der Waals surface area contributed by atoms with Crippen LogP contribution in [0.25, 0.3) is 0 Å². The Morgan fingerprint density at radius 1 is 1.71 bits per heavy atom. The van der Waals surface area contributed by atoms with Gasteiger partial charge in [-0.25, -0.2) is 4.99 Å². The largest absolute Gasteiger partial charge is 0.401 e. The van der Waals surface area contributed by atoms with E-state index in [0.717, 1.165) is 0 Å². The van der Waals surface area contributed by atoms with Gasteiger partial charge in [0, 0.05) is 15.7 Å². The second-order valence-electron chi connectivity index (χ2n) is 2.28. The fourth-order valence-electron chi connectivity index (χ4n) is 0.635. The Balaban J connectivity index is 4.98. The van der Waals surface area contributed by atoms with Crippen LogP contribution in [-0.4, -0.2) is 15.9 Å². The summed E-state index contributed by atoms with van der Waals surface area (Å²) >= 11 is 9.55. The fraction of sp³-hybridized carbons (Fsp3) is 0.222. The molecule has 0 aliphatic carbocycles. The summed E-state index contributed by atoms with van der Waals surface area (Å²) in [6.45, 7) is 7.35. The van der Waals surface area contributed by atoms with Crippen molar-refractivity contribution in [2.45, 2.75) is 0 Å². The molecule has 0 heterocycles. The van der Waals surface area contributed by atoms with E-state index in [4.69, 9.17) is 17.3 Å². The van der Waals surface area contributed by atoms with Crippen LogP contribution in [0.15, 0.2) is 40.5 Å². The normalized spacial score (nSPS) is 13.5. The van der Waals surface area contributed by atoms with E-state index in [2.05, 4.69) is 40.7 Å². The zero-order valence-electron chi connectivity index (χ0n) is 7.89. The smallest absolute Gasteiger partial charge is 0.139 e. The first-order valence-electron chi connectivity index (χ1n) is 3.71. The summed E-state index contributed by atoms with van der Waals surface area (Å²) in [6, 6.07) is 0. The molecular weight excluding hydrogens is 331 g/mol. The van der Waals surface area contributed by atoms with Crippen LogP contribution in [0.3, 0.4) is 0 Å². The fourth-order valence-corrected chi connectivity index (χ4v) is 1.58. The monoisotopic (exact) mass is 342 g/mol. The Labute approximate surface area is 108 Å². The van der Waals surface area contributed by atoms with Gasteiger partial charge in [0.15, 0.2) is 0 Å². The van der Waals surface area contributed by atoms with Crippen LogP contribution in [0.5, 0.6) is 0 Å². The van der Waals surface area contributed by atoms with E-state index in [1.165, 1.54) is 11.8 Å². The van der Waals surface area contributed by atoms with Crippen molar-refractivity contribution in [2.24, 2.45) is 10.7 Å². The number of alkyl halides is 1. The molecule has 0 rings (SSSR count). The molecule has 0 aromatic heterocycles. The average Bonchev–Trinajstić information content (AvgIpc) is 2.18. The van der Waals surface area contributed by atoms with Crippen LogP contribution in [-0.2, 0) is 0 Å². The molecule has 0 aliphatic rings. The summed E-state index contributed by atoms with van der Waals surface area (Å²) < 4.78 is 0.691. The summed E-state index contributed by atoms with van der Waals surface area (Å²) in [6.07, 6.45) is 3.49. The molecule has 0 aliphatic heterocycles. The minimum absolute atomic E-state index is 0.341. The zero-order chi connectivity index (χ0) is 11.1. The SMILES string of the molecule is C=C/C(C(Cl)=NC(=C)SC)=C(/N)CI. The number of nitrogens with two attached hydrogens (primary N) is 1. The lowest BCUT2D eigenvalue weighted by Gasteiger charge is -2.04. The molecule has 5 heteroatoms. The van der Waals surface area contributed by atoms with E-state index in [1.807, 2.05) is 6.26 Å². The summed E-state index contributed by atoms with van der Waals surface area (Å²) in [4.78, 5) is 4.07. The van der Waals surface area contributed by atoms with Gasteiger partial charge in [-0.2, -0.15) is 0 Å². The minimum Gasteiger partial charge on any atom is -0.401 e. The van der Waals surface area contributed by atoms with Crippen LogP contribution >= 0.6 is 46.0 Å². The Morgan fingerprint density at radius 2 is 2.29 bits per heavy atom. The topological polar surface area (TPSA) is 38.4 Å². The summed E-state index contributed by atoms with van der Waals surface area (Å²) in [5, 5.41) is 0.990. The van der Waals surface area contributed by atoms with Crippen LogP contribution in [0.2, 0.25) is 0 Å². The predicted octanol–water partition coefficient (Wildman–Crippen LogP) is 3.29. The highest BCUT2D eigenvalue weighted by Gasteiger charge is 2.05. The van der Waals surface area contributed by atoms with Crippen LogP contribution in [0.1, 0.15) is 0 Å². The van der Waals surface area contributed by atoms with Gasteiger partial charge in [0.2, 0.25) is 0 Å². The molecule has 0 aromatic carbocycles. The van der Waals surface area contributed by atoms with Crippen molar-refractivity contribution >= 4 is 51.1 Å². The maximum Gasteiger partial charge on any atom is 0.139 e. The second kappa shape index (κ2) is 7.36. The number of halogens is 2. The molecule has 0 saturated heterocycles. The van der Waals surface area contributed by atoms with E-state index < -0.39 is 0 Å². The molecule has 0 saturated carbocycles. The zero-order valence-corrected chi connectivity index (χ0v) is 11.6. The van der Waals surface area contributed by atoms with E-state index >= 15 is 0 Å². The molecule has 0 aromatic rings. The predicted molar refractivity (Wildman–Crippen MR) is 76.2 cm³/mol. The standard InChI is InChI=1S/C9H12ClIN2S/c1-4-7(8(12)5-11)9(10)13-6(2)14-3/h4H,1-2,5,12H2,3H3/b8-7-,13-9?. The number of aliphatic imine (C=N–C) groups is 1. The highest BCUT2D eigenvalue weighted by molar-refractivity contribution is 14.1. The Morgan fingerprint density at radius 3 is 2.64 bits per heavy atom. The first-order valence-corrected chi connectivity index (χ1v) is 6.84. The third kappa shape index (κ3) is 4.52. The van der Waals surface area contributed by atoms with E-state index in [0.29, 0.717) is 25.9 Å². The van der Waals surface area contributed by atoms with Crippen molar-refractivity contribution in [1.29, 1.82) is 0 Å². The highest BCUT2D eigenvalue weighted by Crippen LogP contribution is 2.16. The van der Waals surface area contributed by atoms with Crippen LogP contribution in [0, 0.1) is 0 Å². The third-order valence-electron chi connectivity index (χ3n) is 1.37. The lowest BCUT2D eigenvalue weighted by Crippen LogP contribution is -2.06. The molecule has 2 N–H and O–H groups in total. The molecule has 0 amide bonds. The first-order chi connectivity index (χ1) is 6.56. The van der Waals surface area contributed by atoms with Crippen LogP contribution in [0.4, 0.5) is 0 Å². The van der Waals surface area contributed by atoms with Crippen molar-refractivity contribution in [3.05, 3.63) is 35.5 Å². The van der Waals surface area contributed by atoms with Crippen LogP contribution < -0.4 is 5.73 Å². The molecule has 0 bridgehead atoms. The number of hydrogen-bond acceptors (Lipinski definition) is 3. The van der Waals surface area contributed by atoms with Crippen molar-refractivity contribution in [3.63, 3.8) is 0 Å². The summed E-state index contributed by atoms with van der Waals surface area (Å²) in [5.41, 5.74) is 7.09. The molecule has 0 unspecified atom stereocenters. The Kier molecular flexibility index (Phi) is 7.40. The van der Waals surface area contributed by atoms with Gasteiger partial charge < -0.3 is 5.73 Å². The molecule has 2 nitrogen and oxygen atoms in total. The van der Waals surface area contributed by atoms with Crippen molar-refractivity contribution in [2.75, 3.05) is 10.7 Å². The van der Waals surface area contributed by atoms with Gasteiger partial charge in [-0.1, -0.05) is 53.4 Å². The first kappa shape index (κ1) is 14.1. The lowest BCUT2D eigenvalue weighted by molar-refractivity contribution is 1.32. The molecule has 0 atom stereocenters. The van der Waals surface area contributed by atoms with Gasteiger partial charge in [-0.05, 0) is 6.26 Å². The van der Waals surface area contributed by atoms with Crippen molar-refractivity contribution in [3.8, 4) is 0 Å². The summed E-state index contributed by atoms with van der Waals surface area (Å²) in [5.74, 6) is 0. The second-order valence-corrected chi connectivity index (χ2v) is 4.28.